The summed E-state index contributed by atoms with van der Waals surface area (Å²) in [7, 11) is -3.63. The number of halogens is 2. The van der Waals surface area contributed by atoms with Crippen molar-refractivity contribution in [3.63, 3.8) is 0 Å². The smallest absolute Gasteiger partial charge is 0.241 e. The fourth-order valence-corrected chi connectivity index (χ4v) is 4.20. The highest BCUT2D eigenvalue weighted by molar-refractivity contribution is 9.10. The van der Waals surface area contributed by atoms with Gasteiger partial charge in [-0.05, 0) is 53.4 Å². The third kappa shape index (κ3) is 4.70. The molecule has 0 bridgehead atoms. The van der Waals surface area contributed by atoms with E-state index in [-0.39, 0.29) is 11.4 Å². The zero-order valence-electron chi connectivity index (χ0n) is 11.8. The topological polar surface area (TPSA) is 72.2 Å². The highest BCUT2D eigenvalue weighted by Crippen LogP contribution is 2.26. The van der Waals surface area contributed by atoms with E-state index in [1.807, 2.05) is 20.8 Å². The number of hydrogen-bond donors (Lipinski definition) is 2. The monoisotopic (exact) mass is 382 g/mol. The number of hydrogen-bond acceptors (Lipinski definition) is 3. The lowest BCUT2D eigenvalue weighted by Crippen LogP contribution is -2.51. The van der Waals surface area contributed by atoms with Crippen LogP contribution in [0.3, 0.4) is 0 Å². The van der Waals surface area contributed by atoms with Crippen LogP contribution in [0.4, 0.5) is 0 Å². The van der Waals surface area contributed by atoms with Gasteiger partial charge in [0, 0.05) is 16.6 Å². The molecule has 4 nitrogen and oxygen atoms in total. The second-order valence-corrected chi connectivity index (χ2v) is 8.49. The molecule has 0 amide bonds. The quantitative estimate of drug-likeness (QED) is 0.792. The summed E-state index contributed by atoms with van der Waals surface area (Å²) in [6.45, 7) is 6.11. The molecule has 0 aromatic heterocycles. The van der Waals surface area contributed by atoms with Crippen molar-refractivity contribution in [2.75, 3.05) is 6.54 Å². The van der Waals surface area contributed by atoms with Gasteiger partial charge in [-0.15, -0.1) is 0 Å². The third-order valence-electron chi connectivity index (χ3n) is 2.89. The Hall–Kier alpha value is -0.140. The van der Waals surface area contributed by atoms with Gasteiger partial charge in [0.1, 0.15) is 0 Å². The number of sulfonamides is 1. The molecule has 0 heterocycles. The Morgan fingerprint density at radius 2 is 2.05 bits per heavy atom. The van der Waals surface area contributed by atoms with Crippen LogP contribution in [0.15, 0.2) is 27.6 Å². The normalized spacial score (nSPS) is 15.3. The summed E-state index contributed by atoms with van der Waals surface area (Å²) in [5.74, 6) is 0.336. The molecule has 7 heteroatoms. The molecule has 1 rings (SSSR count). The minimum Gasteiger partial charge on any atom is -0.329 e. The van der Waals surface area contributed by atoms with Crippen molar-refractivity contribution in [2.45, 2.75) is 37.6 Å². The molecule has 0 aliphatic rings. The predicted molar refractivity (Wildman–Crippen MR) is 86.4 cm³/mol. The highest BCUT2D eigenvalue weighted by Gasteiger charge is 2.30. The van der Waals surface area contributed by atoms with Crippen molar-refractivity contribution in [2.24, 2.45) is 11.7 Å². The molecule has 0 fully saturated rings. The van der Waals surface area contributed by atoms with E-state index in [1.165, 1.54) is 12.1 Å². The molecule has 0 saturated heterocycles. The van der Waals surface area contributed by atoms with Gasteiger partial charge in [-0.1, -0.05) is 25.4 Å². The van der Waals surface area contributed by atoms with Crippen LogP contribution in [0.2, 0.25) is 5.02 Å². The fraction of sp³-hybridized carbons (Fsp3) is 0.538. The summed E-state index contributed by atoms with van der Waals surface area (Å²) in [6.07, 6.45) is 0.664. The lowest BCUT2D eigenvalue weighted by atomic mass is 9.92. The maximum atomic E-state index is 12.4. The van der Waals surface area contributed by atoms with Crippen molar-refractivity contribution in [3.8, 4) is 0 Å². The molecule has 20 heavy (non-hydrogen) atoms. The van der Waals surface area contributed by atoms with Crippen LogP contribution in [0.1, 0.15) is 27.2 Å². The van der Waals surface area contributed by atoms with Crippen LogP contribution in [0, 0.1) is 5.92 Å². The zero-order valence-corrected chi connectivity index (χ0v) is 14.9. The summed E-state index contributed by atoms with van der Waals surface area (Å²) in [5.41, 5.74) is 5.07. The Morgan fingerprint density at radius 1 is 1.45 bits per heavy atom. The zero-order chi connectivity index (χ0) is 15.6. The number of benzene rings is 1. The first-order valence-electron chi connectivity index (χ1n) is 6.29. The SMILES string of the molecule is CC(C)CC(C)(CN)NS(=O)(=O)c1ccc(Cl)c(Br)c1. The van der Waals surface area contributed by atoms with E-state index in [2.05, 4.69) is 20.7 Å². The van der Waals surface area contributed by atoms with Gasteiger partial charge in [0.2, 0.25) is 10.0 Å². The average molecular weight is 384 g/mol. The van der Waals surface area contributed by atoms with Gasteiger partial charge in [0.05, 0.1) is 9.92 Å². The molecule has 1 unspecified atom stereocenters. The van der Waals surface area contributed by atoms with E-state index in [0.717, 1.165) is 0 Å². The molecular formula is C13H20BrClN2O2S. The standard InChI is InChI=1S/C13H20BrClN2O2S/c1-9(2)7-13(3,8-16)17-20(18,19)10-4-5-12(15)11(14)6-10/h4-6,9,17H,7-8,16H2,1-3H3. The summed E-state index contributed by atoms with van der Waals surface area (Å²) < 4.78 is 28.1. The van der Waals surface area contributed by atoms with E-state index in [4.69, 9.17) is 17.3 Å². The second kappa shape index (κ2) is 6.75. The molecule has 0 spiro atoms. The summed E-state index contributed by atoms with van der Waals surface area (Å²) in [4.78, 5) is 0.164. The molecule has 1 aromatic rings. The van der Waals surface area contributed by atoms with Crippen LogP contribution >= 0.6 is 27.5 Å². The largest absolute Gasteiger partial charge is 0.329 e. The van der Waals surface area contributed by atoms with E-state index in [1.54, 1.807) is 6.07 Å². The Balaban J connectivity index is 3.07. The molecule has 1 aromatic carbocycles. The fourth-order valence-electron chi connectivity index (χ4n) is 2.10. The summed E-state index contributed by atoms with van der Waals surface area (Å²) >= 11 is 9.10. The van der Waals surface area contributed by atoms with Gasteiger partial charge in [-0.2, -0.15) is 0 Å². The first kappa shape index (κ1) is 17.9. The van der Waals surface area contributed by atoms with Crippen molar-refractivity contribution in [3.05, 3.63) is 27.7 Å². The molecule has 0 radical (unpaired) electrons. The minimum atomic E-state index is -3.63. The molecule has 0 aliphatic heterocycles. The maximum Gasteiger partial charge on any atom is 0.241 e. The van der Waals surface area contributed by atoms with Crippen molar-refractivity contribution in [1.29, 1.82) is 0 Å². The van der Waals surface area contributed by atoms with E-state index in [0.29, 0.717) is 21.8 Å². The van der Waals surface area contributed by atoms with E-state index in [9.17, 15) is 8.42 Å². The van der Waals surface area contributed by atoms with E-state index >= 15 is 0 Å². The highest BCUT2D eigenvalue weighted by atomic mass is 79.9. The lowest BCUT2D eigenvalue weighted by molar-refractivity contribution is 0.344. The lowest BCUT2D eigenvalue weighted by Gasteiger charge is -2.30. The Kier molecular flexibility index (Phi) is 6.04. The maximum absolute atomic E-state index is 12.4. The number of nitrogens with one attached hydrogen (secondary N) is 1. The van der Waals surface area contributed by atoms with Crippen LogP contribution in [-0.2, 0) is 10.0 Å². The Bertz CT molecular complexity index is 578. The average Bonchev–Trinajstić information content (AvgIpc) is 2.30. The molecule has 0 aliphatic carbocycles. The van der Waals surface area contributed by atoms with Crippen LogP contribution < -0.4 is 10.5 Å². The Labute approximate surface area is 134 Å². The third-order valence-corrected chi connectivity index (χ3v) is 5.74. The van der Waals surface area contributed by atoms with Crippen LogP contribution in [-0.4, -0.2) is 20.5 Å². The van der Waals surface area contributed by atoms with Crippen molar-refractivity contribution < 1.29 is 8.42 Å². The van der Waals surface area contributed by atoms with Crippen LogP contribution in [0.5, 0.6) is 0 Å². The van der Waals surface area contributed by atoms with E-state index < -0.39 is 15.6 Å². The van der Waals surface area contributed by atoms with Crippen LogP contribution in [0.25, 0.3) is 0 Å². The minimum absolute atomic E-state index is 0.164. The number of nitrogens with two attached hydrogens (primary N) is 1. The summed E-state index contributed by atoms with van der Waals surface area (Å²) in [5, 5.41) is 0.465. The molecular weight excluding hydrogens is 364 g/mol. The molecule has 114 valence electrons. The van der Waals surface area contributed by atoms with Crippen molar-refractivity contribution >= 4 is 37.6 Å². The van der Waals surface area contributed by atoms with Gasteiger partial charge in [0.25, 0.3) is 0 Å². The van der Waals surface area contributed by atoms with Gasteiger partial charge in [0.15, 0.2) is 0 Å². The summed E-state index contributed by atoms with van der Waals surface area (Å²) in [6, 6.07) is 4.50. The van der Waals surface area contributed by atoms with Gasteiger partial charge < -0.3 is 5.73 Å². The molecule has 1 atom stereocenters. The van der Waals surface area contributed by atoms with Gasteiger partial charge in [-0.25, -0.2) is 13.1 Å². The van der Waals surface area contributed by atoms with Gasteiger partial charge >= 0.3 is 0 Å². The Morgan fingerprint density at radius 3 is 2.50 bits per heavy atom. The van der Waals surface area contributed by atoms with Gasteiger partial charge in [-0.3, -0.25) is 0 Å². The molecule has 0 saturated carbocycles. The molecule has 3 N–H and O–H groups in total. The predicted octanol–water partition coefficient (Wildman–Crippen LogP) is 3.14. The first-order valence-corrected chi connectivity index (χ1v) is 8.94. The number of rotatable bonds is 6. The second-order valence-electron chi connectivity index (χ2n) is 5.54. The van der Waals surface area contributed by atoms with Crippen molar-refractivity contribution in [1.82, 2.24) is 4.72 Å². The first-order chi connectivity index (χ1) is 9.09.